The van der Waals surface area contributed by atoms with Crippen LogP contribution in [-0.4, -0.2) is 143 Å². The highest BCUT2D eigenvalue weighted by Gasteiger charge is 2.51. The van der Waals surface area contributed by atoms with Crippen molar-refractivity contribution in [3.8, 4) is 34.5 Å². The second-order valence-corrected chi connectivity index (χ2v) is 59.0. The van der Waals surface area contributed by atoms with Crippen LogP contribution in [0, 0.1) is 51.5 Å². The van der Waals surface area contributed by atoms with Gasteiger partial charge in [-0.3, -0.25) is 56.2 Å². The number of benzene rings is 6. The number of hydrogen-bond donors (Lipinski definition) is 0. The van der Waals surface area contributed by atoms with Crippen molar-refractivity contribution in [1.29, 1.82) is 0 Å². The molecule has 0 aliphatic carbocycles. The number of halogens is 3. The Hall–Kier alpha value is -7.89. The van der Waals surface area contributed by atoms with Crippen molar-refractivity contribution in [1.82, 2.24) is 0 Å². The second-order valence-electron chi connectivity index (χ2n) is 39.7. The van der Waals surface area contributed by atoms with Crippen LogP contribution in [0.3, 0.4) is 0 Å². The van der Waals surface area contributed by atoms with Crippen LogP contribution in [0.15, 0.2) is 164 Å². The van der Waals surface area contributed by atoms with Crippen LogP contribution in [0.5, 0.6) is 34.5 Å². The van der Waals surface area contributed by atoms with E-state index in [4.69, 9.17) is 55.6 Å². The number of ether oxygens (including phenoxy) is 6. The molecule has 2 unspecified atom stereocenters. The largest absolute Gasteiger partial charge is 0.466 e. The molecule has 33 heteroatoms. The molecule has 744 valence electrons. The van der Waals surface area contributed by atoms with Crippen LogP contribution in [0.2, 0.25) is 0 Å². The zero-order valence-electron chi connectivity index (χ0n) is 84.4. The first-order valence-electron chi connectivity index (χ1n) is 44.5. The van der Waals surface area contributed by atoms with E-state index in [1.807, 2.05) is 117 Å². The van der Waals surface area contributed by atoms with Crippen LogP contribution in [-0.2, 0) is 84.6 Å². The molecule has 6 aromatic carbocycles. The molecule has 132 heavy (non-hydrogen) atoms. The molecular formula is C99H153F3O24P6. The van der Waals surface area contributed by atoms with Gasteiger partial charge in [-0.05, 0) is 192 Å². The lowest BCUT2D eigenvalue weighted by Crippen LogP contribution is -2.35. The van der Waals surface area contributed by atoms with Gasteiger partial charge in [0.15, 0.2) is 0 Å². The fraction of sp³-hybridized carbons (Fsp3) is 0.576. The van der Waals surface area contributed by atoms with Crippen molar-refractivity contribution in [2.75, 3.05) is 76.6 Å². The Kier molecular flexibility index (Phi) is 48.5. The number of para-hydroxylation sites is 3. The first kappa shape index (κ1) is 122. The second kappa shape index (κ2) is 52.4. The summed E-state index contributed by atoms with van der Waals surface area (Å²) in [6, 6.07) is 43.3. The van der Waals surface area contributed by atoms with Crippen LogP contribution in [0.4, 0.5) is 13.2 Å². The lowest BCUT2D eigenvalue weighted by atomic mass is 9.97. The summed E-state index contributed by atoms with van der Waals surface area (Å²) < 4.78 is 184. The monoisotopic (exact) mass is 1970 g/mol. The number of esters is 6. The summed E-state index contributed by atoms with van der Waals surface area (Å²) in [5.74, 6) is -2.36. The fourth-order valence-electron chi connectivity index (χ4n) is 11.4. The SMILES string of the molecule is CCOC(=O)C(C)(C)CP(=O)(Oc1ccccc1)C(C)(C)C.CCOC(=O)C(C)(C)C[P@@](=O)(Oc1ccccc1)C(C)(C)C.CCOC(=O)C(C)(C)C[P@](=O)(Oc1ccccc1)C(C)(C)C.CCOC(=O)[C@H](C)CP(=O)(Oc1ccc(F)cc1)C(C)(C)C.CCOC(=O)[C@H](C)C[P@@](=O)(Oc1ccc(F)cc1)C(C)(C)C.CCOC(=O)[C@H](C)C[P@](=O)(Oc1ccc(F)cc1)C(C)(C)C. The summed E-state index contributed by atoms with van der Waals surface area (Å²) in [5.41, 5.74) is -2.60. The molecule has 24 nitrogen and oxygen atoms in total. The number of hydrogen-bond acceptors (Lipinski definition) is 24. The van der Waals surface area contributed by atoms with Crippen LogP contribution in [0.25, 0.3) is 0 Å². The van der Waals surface area contributed by atoms with Crippen molar-refractivity contribution in [2.45, 2.75) is 259 Å². The molecule has 0 saturated carbocycles. The molecular weight excluding hydrogens is 1820 g/mol. The van der Waals surface area contributed by atoms with E-state index in [9.17, 15) is 69.3 Å². The fourth-order valence-corrected chi connectivity index (χ4v) is 25.4. The first-order valence-corrected chi connectivity index (χ1v) is 55.3. The highest BCUT2D eigenvalue weighted by Crippen LogP contribution is 2.66. The van der Waals surface area contributed by atoms with Gasteiger partial charge in [-0.2, -0.15) is 0 Å². The highest BCUT2D eigenvalue weighted by atomic mass is 31.2. The van der Waals surface area contributed by atoms with Gasteiger partial charge in [0.25, 0.3) is 44.2 Å². The third-order valence-electron chi connectivity index (χ3n) is 20.2. The Morgan fingerprint density at radius 2 is 0.394 bits per heavy atom. The molecule has 0 N–H and O–H groups in total. The van der Waals surface area contributed by atoms with Crippen LogP contribution >= 0.6 is 44.2 Å². The zero-order chi connectivity index (χ0) is 102. The minimum absolute atomic E-state index is 0.0761. The van der Waals surface area contributed by atoms with Gasteiger partial charge in [0.05, 0.1) is 92.1 Å². The van der Waals surface area contributed by atoms with Crippen molar-refractivity contribution >= 4 is 80.0 Å². The van der Waals surface area contributed by atoms with E-state index in [0.717, 1.165) is 0 Å². The molecule has 0 aliphatic heterocycles. The first-order chi connectivity index (χ1) is 60.3. The molecule has 6 aromatic rings. The van der Waals surface area contributed by atoms with E-state index in [0.29, 0.717) is 54.3 Å². The van der Waals surface area contributed by atoms with Crippen LogP contribution in [0.1, 0.15) is 228 Å². The summed E-state index contributed by atoms with van der Waals surface area (Å²) in [7, 11) is -19.0. The van der Waals surface area contributed by atoms with E-state index >= 15 is 0 Å². The molecule has 0 aliphatic rings. The molecule has 0 bridgehead atoms. The minimum atomic E-state index is -3.20. The van der Waals surface area contributed by atoms with Gasteiger partial charge in [0.1, 0.15) is 51.9 Å². The molecule has 0 aromatic heterocycles. The Balaban J connectivity index is 0.000000792. The maximum Gasteiger partial charge on any atom is 0.312 e. The molecule has 6 rings (SSSR count). The van der Waals surface area contributed by atoms with E-state index < -0.39 is 145 Å². The minimum Gasteiger partial charge on any atom is -0.466 e. The Morgan fingerprint density at radius 1 is 0.242 bits per heavy atom. The average Bonchev–Trinajstić information content (AvgIpc) is 0.780. The molecule has 0 radical (unpaired) electrons. The number of carbonyl (C=O) groups is 6. The standard InChI is InChI=1S/3C17H27O4P.3C16H24FO4P/c3*1-7-20-15(18)17(5,6)13-22(19,16(2,3)4)21-14-11-9-8-10-12-14;3*1-6-20-15(18)12(2)11-22(19,16(3,4)5)21-14-9-7-13(17)8-10-14/h3*8-12H,7,13H2,1-6H3;3*7-10,12H,6,11H2,1-5H3/t2*22-;;12-,22?;12-,22+;12-,22-/m10.111/s1. The molecule has 0 amide bonds. The molecule has 0 heterocycles. The van der Waals surface area contributed by atoms with E-state index in [-0.39, 0.29) is 74.7 Å². The summed E-state index contributed by atoms with van der Waals surface area (Å²) in [4.78, 5) is 71.8. The van der Waals surface area contributed by atoms with Gasteiger partial charge in [-0.1, -0.05) is 200 Å². The summed E-state index contributed by atoms with van der Waals surface area (Å²) in [6.07, 6.45) is 0.637. The van der Waals surface area contributed by atoms with Gasteiger partial charge >= 0.3 is 35.8 Å². The predicted octanol–water partition coefficient (Wildman–Crippen LogP) is 27.6. The van der Waals surface area contributed by atoms with Gasteiger partial charge in [0, 0.05) is 49.4 Å². The Bertz CT molecular complexity index is 4370. The Labute approximate surface area is 786 Å². The van der Waals surface area contributed by atoms with Crippen molar-refractivity contribution in [2.24, 2.45) is 34.0 Å². The molecule has 9 atom stereocenters. The molecule has 0 saturated heterocycles. The Morgan fingerprint density at radius 3 is 0.545 bits per heavy atom. The van der Waals surface area contributed by atoms with Crippen LogP contribution < -0.4 is 27.1 Å². The van der Waals surface area contributed by atoms with Gasteiger partial charge in [0.2, 0.25) is 0 Å². The quantitative estimate of drug-likeness (QED) is 0.0200. The van der Waals surface area contributed by atoms with E-state index in [1.165, 1.54) is 72.8 Å². The third kappa shape index (κ3) is 40.2. The van der Waals surface area contributed by atoms with Gasteiger partial charge in [-0.15, -0.1) is 0 Å². The van der Waals surface area contributed by atoms with Gasteiger partial charge < -0.3 is 55.6 Å². The maximum absolute atomic E-state index is 13.5. The maximum atomic E-state index is 13.5. The van der Waals surface area contributed by atoms with Crippen molar-refractivity contribution < 1.29 is 125 Å². The lowest BCUT2D eigenvalue weighted by molar-refractivity contribution is -0.153. The zero-order valence-corrected chi connectivity index (χ0v) is 89.8. The summed E-state index contributed by atoms with van der Waals surface area (Å²) in [5, 5.41) is -3.68. The highest BCUT2D eigenvalue weighted by molar-refractivity contribution is 7.62. The van der Waals surface area contributed by atoms with Crippen molar-refractivity contribution in [3.05, 3.63) is 181 Å². The predicted molar refractivity (Wildman–Crippen MR) is 524 cm³/mol. The smallest absolute Gasteiger partial charge is 0.312 e. The van der Waals surface area contributed by atoms with Crippen molar-refractivity contribution in [3.63, 3.8) is 0 Å². The average molecular weight is 1970 g/mol. The van der Waals surface area contributed by atoms with E-state index in [2.05, 4.69) is 0 Å². The molecule has 0 fully saturated rings. The third-order valence-corrected chi connectivity index (χ3v) is 42.2. The van der Waals surface area contributed by atoms with Gasteiger partial charge in [-0.25, -0.2) is 13.2 Å². The summed E-state index contributed by atoms with van der Waals surface area (Å²) in [6.45, 7) is 60.8. The van der Waals surface area contributed by atoms with E-state index in [1.54, 1.807) is 203 Å². The number of carbonyl (C=O) groups excluding carboxylic acids is 6. The number of rotatable bonds is 36. The summed E-state index contributed by atoms with van der Waals surface area (Å²) >= 11 is 0. The normalized spacial score (nSPS) is 15.4. The molecule has 0 spiro atoms. The topological polar surface area (TPSA) is 316 Å². The lowest BCUT2D eigenvalue weighted by Gasteiger charge is -2.35.